The molecular weight excluding hydrogens is 512 g/mol. The second-order valence-electron chi connectivity index (χ2n) is 9.03. The van der Waals surface area contributed by atoms with Crippen LogP contribution in [0.4, 0.5) is 11.4 Å². The van der Waals surface area contributed by atoms with E-state index in [1.807, 2.05) is 49.4 Å². The van der Waals surface area contributed by atoms with Crippen molar-refractivity contribution < 1.29 is 22.7 Å². The summed E-state index contributed by atoms with van der Waals surface area (Å²) in [6.45, 7) is 3.83. The zero-order valence-corrected chi connectivity index (χ0v) is 23.1. The molecule has 0 aliphatic carbocycles. The van der Waals surface area contributed by atoms with Crippen LogP contribution < -0.4 is 19.1 Å². The Morgan fingerprint density at radius 2 is 1.56 bits per heavy atom. The van der Waals surface area contributed by atoms with Crippen molar-refractivity contribution in [1.82, 2.24) is 0 Å². The van der Waals surface area contributed by atoms with Crippen molar-refractivity contribution in [3.05, 3.63) is 114 Å². The molecule has 0 bridgehead atoms. The number of carbonyl (C=O) groups is 1. The van der Waals surface area contributed by atoms with Crippen LogP contribution in [0.15, 0.2) is 102 Å². The maximum absolute atomic E-state index is 13.9. The molecule has 4 rings (SSSR count). The van der Waals surface area contributed by atoms with Gasteiger partial charge in [-0.1, -0.05) is 55.5 Å². The van der Waals surface area contributed by atoms with Gasteiger partial charge in [-0.2, -0.15) is 0 Å². The predicted molar refractivity (Wildman–Crippen MR) is 154 cm³/mol. The zero-order chi connectivity index (χ0) is 27.8. The van der Waals surface area contributed by atoms with Gasteiger partial charge in [-0.05, 0) is 78.6 Å². The van der Waals surface area contributed by atoms with E-state index in [9.17, 15) is 13.2 Å². The molecule has 1 N–H and O–H groups in total. The number of hydrogen-bond acceptors (Lipinski definition) is 5. The molecule has 1 amide bonds. The van der Waals surface area contributed by atoms with E-state index in [4.69, 9.17) is 9.47 Å². The molecule has 0 aliphatic heterocycles. The Balaban J connectivity index is 1.54. The van der Waals surface area contributed by atoms with E-state index in [0.29, 0.717) is 23.7 Å². The van der Waals surface area contributed by atoms with E-state index in [0.717, 1.165) is 27.4 Å². The van der Waals surface area contributed by atoms with Crippen molar-refractivity contribution in [3.8, 4) is 11.5 Å². The third-order valence-electron chi connectivity index (χ3n) is 6.19. The summed E-state index contributed by atoms with van der Waals surface area (Å²) in [7, 11) is -2.72. The smallest absolute Gasteiger partial charge is 0.268 e. The normalized spacial score (nSPS) is 11.1. The molecule has 0 heterocycles. The first kappa shape index (κ1) is 27.7. The summed E-state index contributed by atoms with van der Waals surface area (Å²) in [4.78, 5) is 13.1. The van der Waals surface area contributed by atoms with Gasteiger partial charge in [0, 0.05) is 5.69 Å². The Bertz CT molecular complexity index is 1500. The molecule has 39 heavy (non-hydrogen) atoms. The van der Waals surface area contributed by atoms with Gasteiger partial charge in [0.1, 0.15) is 29.5 Å². The lowest BCUT2D eigenvalue weighted by molar-refractivity contribution is -0.114. The van der Waals surface area contributed by atoms with Gasteiger partial charge in [0.2, 0.25) is 5.91 Å². The van der Waals surface area contributed by atoms with Crippen LogP contribution in [0.5, 0.6) is 11.5 Å². The number of ether oxygens (including phenoxy) is 2. The van der Waals surface area contributed by atoms with E-state index >= 15 is 0 Å². The standard InChI is InChI=1S/C31H32N2O5S/c1-4-24-11-15-27(16-12-24)33(39(35,36)30-20-23(2)10-19-29(30)37-3)21-31(34)32-26-13-17-28(18-14-26)38-22-25-8-6-5-7-9-25/h5-20H,4,21-22H2,1-3H3,(H,32,34). The third-order valence-corrected chi connectivity index (χ3v) is 7.99. The van der Waals surface area contributed by atoms with E-state index in [2.05, 4.69) is 5.32 Å². The van der Waals surface area contributed by atoms with Crippen molar-refractivity contribution >= 4 is 27.3 Å². The Hall–Kier alpha value is -4.30. The average Bonchev–Trinajstić information content (AvgIpc) is 2.96. The van der Waals surface area contributed by atoms with Gasteiger partial charge in [-0.15, -0.1) is 0 Å². The number of nitrogens with one attached hydrogen (secondary N) is 1. The molecule has 8 heteroatoms. The van der Waals surface area contributed by atoms with Gasteiger partial charge in [0.05, 0.1) is 12.8 Å². The lowest BCUT2D eigenvalue weighted by atomic mass is 10.1. The SMILES string of the molecule is CCc1ccc(N(CC(=O)Nc2ccc(OCc3ccccc3)cc2)S(=O)(=O)c2cc(C)ccc2OC)cc1. The Morgan fingerprint density at radius 1 is 0.872 bits per heavy atom. The number of anilines is 2. The lowest BCUT2D eigenvalue weighted by Gasteiger charge is -2.25. The Labute approximate surface area is 230 Å². The molecule has 4 aromatic rings. The van der Waals surface area contributed by atoms with Crippen LogP contribution in [0, 0.1) is 6.92 Å². The number of sulfonamides is 1. The van der Waals surface area contributed by atoms with Crippen LogP contribution >= 0.6 is 0 Å². The topological polar surface area (TPSA) is 84.9 Å². The zero-order valence-electron chi connectivity index (χ0n) is 22.3. The van der Waals surface area contributed by atoms with Crippen LogP contribution in [0.1, 0.15) is 23.6 Å². The minimum absolute atomic E-state index is 0.00251. The fourth-order valence-electron chi connectivity index (χ4n) is 4.02. The largest absolute Gasteiger partial charge is 0.495 e. The maximum Gasteiger partial charge on any atom is 0.268 e. The van der Waals surface area contributed by atoms with Crippen molar-refractivity contribution in [2.45, 2.75) is 31.8 Å². The van der Waals surface area contributed by atoms with E-state index in [-0.39, 0.29) is 10.6 Å². The van der Waals surface area contributed by atoms with Gasteiger partial charge < -0.3 is 14.8 Å². The highest BCUT2D eigenvalue weighted by atomic mass is 32.2. The highest BCUT2D eigenvalue weighted by Gasteiger charge is 2.30. The van der Waals surface area contributed by atoms with Crippen LogP contribution in [0.3, 0.4) is 0 Å². The second-order valence-corrected chi connectivity index (χ2v) is 10.9. The van der Waals surface area contributed by atoms with Crippen LogP contribution in [-0.4, -0.2) is 28.0 Å². The minimum Gasteiger partial charge on any atom is -0.495 e. The summed E-state index contributed by atoms with van der Waals surface area (Å²) < 4.78 is 40.0. The van der Waals surface area contributed by atoms with Crippen LogP contribution in [0.25, 0.3) is 0 Å². The molecule has 0 saturated heterocycles. The van der Waals surface area contributed by atoms with E-state index in [1.165, 1.54) is 7.11 Å². The van der Waals surface area contributed by atoms with Crippen LogP contribution in [-0.2, 0) is 27.8 Å². The number of amides is 1. The highest BCUT2D eigenvalue weighted by Crippen LogP contribution is 2.31. The molecule has 0 atom stereocenters. The van der Waals surface area contributed by atoms with E-state index < -0.39 is 22.5 Å². The first-order chi connectivity index (χ1) is 18.8. The first-order valence-corrected chi connectivity index (χ1v) is 14.1. The van der Waals surface area contributed by atoms with Crippen LogP contribution in [0.2, 0.25) is 0 Å². The number of rotatable bonds is 11. The predicted octanol–water partition coefficient (Wildman–Crippen LogP) is 5.98. The van der Waals surface area contributed by atoms with Crippen molar-refractivity contribution in [2.75, 3.05) is 23.3 Å². The first-order valence-electron chi connectivity index (χ1n) is 12.6. The van der Waals surface area contributed by atoms with Gasteiger partial charge >= 0.3 is 0 Å². The number of hydrogen-bond donors (Lipinski definition) is 1. The Kier molecular flexibility index (Phi) is 8.88. The number of nitrogens with zero attached hydrogens (tertiary/aromatic N) is 1. The molecule has 0 unspecified atom stereocenters. The molecule has 0 spiro atoms. The molecule has 202 valence electrons. The number of benzene rings is 4. The van der Waals surface area contributed by atoms with E-state index in [1.54, 1.807) is 61.5 Å². The summed E-state index contributed by atoms with van der Waals surface area (Å²) in [5.41, 5.74) is 3.78. The molecule has 0 aliphatic rings. The number of methoxy groups -OCH3 is 1. The summed E-state index contributed by atoms with van der Waals surface area (Å²) in [5.74, 6) is 0.383. The lowest BCUT2D eigenvalue weighted by Crippen LogP contribution is -2.38. The van der Waals surface area contributed by atoms with Crippen molar-refractivity contribution in [3.63, 3.8) is 0 Å². The fraction of sp³-hybridized carbons (Fsp3) is 0.194. The summed E-state index contributed by atoms with van der Waals surface area (Å²) in [6.07, 6.45) is 0.810. The highest BCUT2D eigenvalue weighted by molar-refractivity contribution is 7.93. The molecule has 4 aromatic carbocycles. The molecule has 7 nitrogen and oxygen atoms in total. The molecule has 0 saturated carbocycles. The quantitative estimate of drug-likeness (QED) is 0.251. The average molecular weight is 545 g/mol. The monoisotopic (exact) mass is 544 g/mol. The van der Waals surface area contributed by atoms with Gasteiger partial charge in [0.25, 0.3) is 10.0 Å². The number of aryl methyl sites for hydroxylation is 2. The summed E-state index contributed by atoms with van der Waals surface area (Å²) in [6, 6.07) is 28.9. The van der Waals surface area contributed by atoms with Gasteiger partial charge in [0.15, 0.2) is 0 Å². The molecule has 0 radical (unpaired) electrons. The second kappa shape index (κ2) is 12.5. The molecule has 0 aromatic heterocycles. The summed E-state index contributed by atoms with van der Waals surface area (Å²) >= 11 is 0. The Morgan fingerprint density at radius 3 is 2.21 bits per heavy atom. The molecule has 0 fully saturated rings. The fourth-order valence-corrected chi connectivity index (χ4v) is 5.69. The van der Waals surface area contributed by atoms with Crippen molar-refractivity contribution in [2.24, 2.45) is 0 Å². The third kappa shape index (κ3) is 6.97. The number of carbonyl (C=O) groups excluding carboxylic acids is 1. The maximum atomic E-state index is 13.9. The van der Waals surface area contributed by atoms with Crippen molar-refractivity contribution in [1.29, 1.82) is 0 Å². The molecular formula is C31H32N2O5S. The minimum atomic E-state index is -4.14. The summed E-state index contributed by atoms with van der Waals surface area (Å²) in [5, 5.41) is 2.80. The van der Waals surface area contributed by atoms with Gasteiger partial charge in [-0.3, -0.25) is 9.10 Å². The van der Waals surface area contributed by atoms with Gasteiger partial charge in [-0.25, -0.2) is 8.42 Å².